The summed E-state index contributed by atoms with van der Waals surface area (Å²) in [4.78, 5) is 16.0. The van der Waals surface area contributed by atoms with E-state index in [0.717, 1.165) is 22.2 Å². The summed E-state index contributed by atoms with van der Waals surface area (Å²) in [7, 11) is 1.48. The number of aryl methyl sites for hydroxylation is 1. The highest BCUT2D eigenvalue weighted by molar-refractivity contribution is 5.92. The predicted molar refractivity (Wildman–Crippen MR) is 84.7 cm³/mol. The number of fused-ring (bicyclic) bond motifs is 1. The van der Waals surface area contributed by atoms with Gasteiger partial charge in [0.25, 0.3) is 0 Å². The number of methoxy groups -OCH3 is 1. The molecular weight excluding hydrogens is 280 g/mol. The van der Waals surface area contributed by atoms with Crippen molar-refractivity contribution in [3.05, 3.63) is 48.0 Å². The van der Waals surface area contributed by atoms with Gasteiger partial charge >= 0.3 is 0 Å². The Morgan fingerprint density at radius 3 is 2.95 bits per heavy atom. The van der Waals surface area contributed by atoms with E-state index in [-0.39, 0.29) is 12.5 Å². The van der Waals surface area contributed by atoms with E-state index in [1.807, 2.05) is 49.4 Å². The molecule has 1 heterocycles. The number of anilines is 1. The van der Waals surface area contributed by atoms with Gasteiger partial charge in [-0.05, 0) is 42.8 Å². The van der Waals surface area contributed by atoms with E-state index < -0.39 is 0 Å². The molecule has 0 unspecified atom stereocenters. The van der Waals surface area contributed by atoms with Gasteiger partial charge in [0.2, 0.25) is 11.8 Å². The number of hydrogen-bond donors (Lipinski definition) is 1. The Morgan fingerprint density at radius 1 is 1.27 bits per heavy atom. The van der Waals surface area contributed by atoms with Crippen LogP contribution >= 0.6 is 0 Å². The Hall–Kier alpha value is -2.66. The molecule has 0 aliphatic rings. The van der Waals surface area contributed by atoms with Crippen LogP contribution in [0.5, 0.6) is 0 Å². The average Bonchev–Trinajstić information content (AvgIpc) is 2.90. The summed E-state index contributed by atoms with van der Waals surface area (Å²) in [5.74, 6) is 0.330. The van der Waals surface area contributed by atoms with Gasteiger partial charge in [0.1, 0.15) is 12.1 Å². The van der Waals surface area contributed by atoms with Crippen LogP contribution in [0.1, 0.15) is 5.56 Å². The highest BCUT2D eigenvalue weighted by Crippen LogP contribution is 2.26. The molecule has 1 N–H and O–H groups in total. The Balaban J connectivity index is 1.91. The fraction of sp³-hybridized carbons (Fsp3) is 0.176. The summed E-state index contributed by atoms with van der Waals surface area (Å²) < 4.78 is 10.6. The molecule has 3 aromatic rings. The number of hydrogen-bond acceptors (Lipinski definition) is 4. The minimum atomic E-state index is -0.201. The van der Waals surface area contributed by atoms with Crippen LogP contribution in [0.15, 0.2) is 46.9 Å². The summed E-state index contributed by atoms with van der Waals surface area (Å²) in [6, 6.07) is 13.3. The summed E-state index contributed by atoms with van der Waals surface area (Å²) in [5, 5.41) is 2.76. The second-order valence-corrected chi connectivity index (χ2v) is 5.05. The molecule has 2 aromatic carbocycles. The molecule has 0 saturated carbocycles. The monoisotopic (exact) mass is 296 g/mol. The van der Waals surface area contributed by atoms with Crippen molar-refractivity contribution >= 4 is 22.7 Å². The molecule has 5 nitrogen and oxygen atoms in total. The maximum atomic E-state index is 11.6. The quantitative estimate of drug-likeness (QED) is 0.801. The smallest absolute Gasteiger partial charge is 0.250 e. The third kappa shape index (κ3) is 2.99. The molecule has 0 aliphatic heterocycles. The first-order valence-electron chi connectivity index (χ1n) is 6.92. The number of rotatable bonds is 4. The number of oxazole rings is 1. The van der Waals surface area contributed by atoms with E-state index in [0.29, 0.717) is 11.6 Å². The van der Waals surface area contributed by atoms with E-state index in [1.165, 1.54) is 7.11 Å². The van der Waals surface area contributed by atoms with Gasteiger partial charge in [-0.25, -0.2) is 4.98 Å². The number of nitrogens with zero attached hydrogens (tertiary/aromatic N) is 1. The van der Waals surface area contributed by atoms with Gasteiger partial charge < -0.3 is 14.5 Å². The van der Waals surface area contributed by atoms with Gasteiger partial charge in [-0.3, -0.25) is 4.79 Å². The molecule has 1 amide bonds. The molecule has 5 heteroatoms. The molecule has 0 bridgehead atoms. The highest BCUT2D eigenvalue weighted by Gasteiger charge is 2.09. The molecule has 0 aliphatic carbocycles. The van der Waals surface area contributed by atoms with Crippen molar-refractivity contribution in [2.75, 3.05) is 19.0 Å². The second kappa shape index (κ2) is 5.99. The van der Waals surface area contributed by atoms with Crippen molar-refractivity contribution in [2.24, 2.45) is 0 Å². The Labute approximate surface area is 127 Å². The zero-order valence-electron chi connectivity index (χ0n) is 12.4. The van der Waals surface area contributed by atoms with Crippen LogP contribution in [0.3, 0.4) is 0 Å². The predicted octanol–water partition coefficient (Wildman–Crippen LogP) is 3.39. The van der Waals surface area contributed by atoms with Crippen LogP contribution in [0.4, 0.5) is 5.69 Å². The van der Waals surface area contributed by atoms with Crippen LogP contribution in [0.25, 0.3) is 22.6 Å². The van der Waals surface area contributed by atoms with Gasteiger partial charge in [0.05, 0.1) is 0 Å². The first-order valence-corrected chi connectivity index (χ1v) is 6.92. The first kappa shape index (κ1) is 14.3. The fourth-order valence-corrected chi connectivity index (χ4v) is 2.21. The van der Waals surface area contributed by atoms with Crippen LogP contribution in [0.2, 0.25) is 0 Å². The lowest BCUT2D eigenvalue weighted by Gasteiger charge is -2.05. The third-order valence-electron chi connectivity index (χ3n) is 3.21. The molecule has 112 valence electrons. The summed E-state index contributed by atoms with van der Waals surface area (Å²) in [6.45, 7) is 2.03. The van der Waals surface area contributed by atoms with Crippen LogP contribution in [0, 0.1) is 6.92 Å². The SMILES string of the molecule is COCC(=O)Nc1cccc(-c2nc3ccc(C)cc3o2)c1. The van der Waals surface area contributed by atoms with Gasteiger partial charge in [-0.1, -0.05) is 12.1 Å². The second-order valence-electron chi connectivity index (χ2n) is 5.05. The molecule has 0 saturated heterocycles. The molecule has 3 rings (SSSR count). The number of ether oxygens (including phenoxy) is 1. The van der Waals surface area contributed by atoms with Crippen LogP contribution < -0.4 is 5.32 Å². The number of benzene rings is 2. The average molecular weight is 296 g/mol. The zero-order valence-corrected chi connectivity index (χ0v) is 12.4. The highest BCUT2D eigenvalue weighted by atomic mass is 16.5. The van der Waals surface area contributed by atoms with E-state index in [9.17, 15) is 4.79 Å². The molecule has 0 spiro atoms. The molecule has 0 radical (unpaired) electrons. The molecule has 1 aromatic heterocycles. The summed E-state index contributed by atoms with van der Waals surface area (Å²) in [5.41, 5.74) is 4.18. The lowest BCUT2D eigenvalue weighted by molar-refractivity contribution is -0.119. The zero-order chi connectivity index (χ0) is 15.5. The topological polar surface area (TPSA) is 64.4 Å². The lowest BCUT2D eigenvalue weighted by Crippen LogP contribution is -2.16. The van der Waals surface area contributed by atoms with E-state index in [1.54, 1.807) is 0 Å². The van der Waals surface area contributed by atoms with Crippen molar-refractivity contribution in [3.8, 4) is 11.5 Å². The normalized spacial score (nSPS) is 10.8. The standard InChI is InChI=1S/C17H16N2O3/c1-11-6-7-14-15(8-11)22-17(19-14)12-4-3-5-13(9-12)18-16(20)10-21-2/h3-9H,10H2,1-2H3,(H,18,20). The number of carbonyl (C=O) groups is 1. The number of carbonyl (C=O) groups excluding carboxylic acids is 1. The Kier molecular flexibility index (Phi) is 3.89. The van der Waals surface area contributed by atoms with Crippen molar-refractivity contribution in [1.82, 2.24) is 4.98 Å². The van der Waals surface area contributed by atoms with Gasteiger partial charge in [-0.2, -0.15) is 0 Å². The maximum absolute atomic E-state index is 11.6. The van der Waals surface area contributed by atoms with Gasteiger partial charge in [0, 0.05) is 18.4 Å². The van der Waals surface area contributed by atoms with Crippen molar-refractivity contribution in [3.63, 3.8) is 0 Å². The molecule has 0 atom stereocenters. The minimum absolute atomic E-state index is 0.0202. The fourth-order valence-electron chi connectivity index (χ4n) is 2.21. The van der Waals surface area contributed by atoms with Crippen molar-refractivity contribution < 1.29 is 13.9 Å². The van der Waals surface area contributed by atoms with E-state index >= 15 is 0 Å². The number of aromatic nitrogens is 1. The molecule has 0 fully saturated rings. The van der Waals surface area contributed by atoms with E-state index in [4.69, 9.17) is 9.15 Å². The van der Waals surface area contributed by atoms with Crippen LogP contribution in [-0.4, -0.2) is 24.6 Å². The first-order chi connectivity index (χ1) is 10.7. The van der Waals surface area contributed by atoms with Gasteiger partial charge in [-0.15, -0.1) is 0 Å². The minimum Gasteiger partial charge on any atom is -0.436 e. The summed E-state index contributed by atoms with van der Waals surface area (Å²) in [6.07, 6.45) is 0. The number of amides is 1. The largest absolute Gasteiger partial charge is 0.436 e. The molecular formula is C17H16N2O3. The van der Waals surface area contributed by atoms with E-state index in [2.05, 4.69) is 10.3 Å². The third-order valence-corrected chi connectivity index (χ3v) is 3.21. The Morgan fingerprint density at radius 2 is 2.14 bits per heavy atom. The Bertz CT molecular complexity index is 824. The molecule has 22 heavy (non-hydrogen) atoms. The lowest BCUT2D eigenvalue weighted by atomic mass is 10.2. The maximum Gasteiger partial charge on any atom is 0.250 e. The van der Waals surface area contributed by atoms with Gasteiger partial charge in [0.15, 0.2) is 5.58 Å². The van der Waals surface area contributed by atoms with Crippen molar-refractivity contribution in [1.29, 1.82) is 0 Å². The summed E-state index contributed by atoms with van der Waals surface area (Å²) >= 11 is 0. The van der Waals surface area contributed by atoms with Crippen LogP contribution in [-0.2, 0) is 9.53 Å². The van der Waals surface area contributed by atoms with Crippen molar-refractivity contribution in [2.45, 2.75) is 6.92 Å². The number of nitrogens with one attached hydrogen (secondary N) is 1.